The van der Waals surface area contributed by atoms with Gasteiger partial charge >= 0.3 is 0 Å². The Hall–Kier alpha value is -1.85. The van der Waals surface area contributed by atoms with E-state index < -0.39 is 0 Å². The number of anilines is 2. The van der Waals surface area contributed by atoms with Gasteiger partial charge in [-0.1, -0.05) is 13.3 Å². The molecule has 1 aromatic rings. The van der Waals surface area contributed by atoms with E-state index in [9.17, 15) is 4.79 Å². The van der Waals surface area contributed by atoms with Crippen molar-refractivity contribution in [3.63, 3.8) is 0 Å². The molecule has 0 aliphatic carbocycles. The molecule has 0 aromatic carbocycles. The van der Waals surface area contributed by atoms with Crippen LogP contribution in [0, 0.1) is 0 Å². The van der Waals surface area contributed by atoms with Crippen LogP contribution in [0.25, 0.3) is 0 Å². The van der Waals surface area contributed by atoms with Gasteiger partial charge in [0.1, 0.15) is 18.0 Å². The first-order chi connectivity index (χ1) is 11.3. The van der Waals surface area contributed by atoms with Crippen molar-refractivity contribution in [3.8, 4) is 0 Å². The van der Waals surface area contributed by atoms with Crippen LogP contribution in [0.2, 0.25) is 0 Å². The second-order valence-electron chi connectivity index (χ2n) is 6.40. The molecular weight excluding hydrogens is 290 g/mol. The summed E-state index contributed by atoms with van der Waals surface area (Å²) < 4.78 is 0. The maximum atomic E-state index is 12.1. The third kappa shape index (κ3) is 3.92. The number of unbranched alkanes of at least 4 members (excludes halogenated alkanes) is 1. The van der Waals surface area contributed by atoms with Crippen LogP contribution in [0.15, 0.2) is 12.4 Å². The van der Waals surface area contributed by atoms with E-state index in [-0.39, 0.29) is 0 Å². The third-order valence-corrected chi connectivity index (χ3v) is 4.77. The summed E-state index contributed by atoms with van der Waals surface area (Å²) in [5, 5.41) is 0. The van der Waals surface area contributed by atoms with E-state index in [1.807, 2.05) is 4.90 Å². The zero-order valence-corrected chi connectivity index (χ0v) is 14.1. The SMILES string of the molecule is CCCCC(=O)N1CCN(c2cc(N3CCCC3)ncn2)CC1. The Morgan fingerprint density at radius 3 is 2.22 bits per heavy atom. The van der Waals surface area contributed by atoms with Crippen molar-refractivity contribution in [2.75, 3.05) is 49.1 Å². The molecule has 6 nitrogen and oxygen atoms in total. The fourth-order valence-electron chi connectivity index (χ4n) is 3.30. The lowest BCUT2D eigenvalue weighted by molar-refractivity contribution is -0.131. The molecule has 1 amide bonds. The summed E-state index contributed by atoms with van der Waals surface area (Å²) in [6.07, 6.45) is 6.91. The predicted molar refractivity (Wildman–Crippen MR) is 91.8 cm³/mol. The maximum Gasteiger partial charge on any atom is 0.222 e. The maximum absolute atomic E-state index is 12.1. The van der Waals surface area contributed by atoms with E-state index in [0.29, 0.717) is 12.3 Å². The van der Waals surface area contributed by atoms with Crippen LogP contribution in [-0.4, -0.2) is 60.0 Å². The first-order valence-corrected chi connectivity index (χ1v) is 8.87. The average Bonchev–Trinajstić information content (AvgIpc) is 3.14. The fraction of sp³-hybridized carbons (Fsp3) is 0.706. The molecule has 1 aromatic heterocycles. The van der Waals surface area contributed by atoms with Crippen molar-refractivity contribution in [3.05, 3.63) is 12.4 Å². The molecule has 2 saturated heterocycles. The lowest BCUT2D eigenvalue weighted by atomic mass is 10.2. The second kappa shape index (κ2) is 7.62. The van der Waals surface area contributed by atoms with Crippen molar-refractivity contribution in [2.24, 2.45) is 0 Å². The van der Waals surface area contributed by atoms with Crippen LogP contribution in [0.5, 0.6) is 0 Å². The Bertz CT molecular complexity index is 521. The Balaban J connectivity index is 1.57. The Labute approximate surface area is 138 Å². The van der Waals surface area contributed by atoms with Gasteiger partial charge in [-0.05, 0) is 19.3 Å². The summed E-state index contributed by atoms with van der Waals surface area (Å²) in [7, 11) is 0. The summed E-state index contributed by atoms with van der Waals surface area (Å²) >= 11 is 0. The number of aromatic nitrogens is 2. The molecule has 6 heteroatoms. The van der Waals surface area contributed by atoms with E-state index in [0.717, 1.165) is 63.7 Å². The highest BCUT2D eigenvalue weighted by atomic mass is 16.2. The summed E-state index contributed by atoms with van der Waals surface area (Å²) in [6.45, 7) is 7.62. The van der Waals surface area contributed by atoms with E-state index in [2.05, 4.69) is 32.8 Å². The van der Waals surface area contributed by atoms with Gasteiger partial charge in [0.25, 0.3) is 0 Å². The Kier molecular flexibility index (Phi) is 5.31. The van der Waals surface area contributed by atoms with Crippen molar-refractivity contribution >= 4 is 17.5 Å². The molecule has 0 unspecified atom stereocenters. The molecule has 3 heterocycles. The second-order valence-corrected chi connectivity index (χ2v) is 6.40. The molecule has 0 radical (unpaired) electrons. The molecule has 2 aliphatic heterocycles. The number of hydrogen-bond acceptors (Lipinski definition) is 5. The standard InChI is InChI=1S/C17H27N5O/c1-2-3-6-17(23)22-11-9-21(10-12-22)16-13-15(18-14-19-16)20-7-4-5-8-20/h13-14H,2-12H2,1H3. The van der Waals surface area contributed by atoms with Crippen LogP contribution in [0.3, 0.4) is 0 Å². The highest BCUT2D eigenvalue weighted by Gasteiger charge is 2.22. The van der Waals surface area contributed by atoms with Crippen molar-refractivity contribution in [2.45, 2.75) is 39.0 Å². The number of carbonyl (C=O) groups is 1. The fourth-order valence-corrected chi connectivity index (χ4v) is 3.30. The Morgan fingerprint density at radius 2 is 1.61 bits per heavy atom. The van der Waals surface area contributed by atoms with Gasteiger partial charge in [-0.2, -0.15) is 0 Å². The highest BCUT2D eigenvalue weighted by Crippen LogP contribution is 2.22. The number of carbonyl (C=O) groups excluding carboxylic acids is 1. The third-order valence-electron chi connectivity index (χ3n) is 4.77. The van der Waals surface area contributed by atoms with Crippen LogP contribution in [-0.2, 0) is 4.79 Å². The zero-order valence-electron chi connectivity index (χ0n) is 14.1. The Morgan fingerprint density at radius 1 is 1.00 bits per heavy atom. The smallest absolute Gasteiger partial charge is 0.222 e. The molecule has 2 aliphatic rings. The number of piperazine rings is 1. The topological polar surface area (TPSA) is 52.6 Å². The van der Waals surface area contributed by atoms with Gasteiger partial charge < -0.3 is 14.7 Å². The van der Waals surface area contributed by atoms with Crippen molar-refractivity contribution in [1.29, 1.82) is 0 Å². The minimum Gasteiger partial charge on any atom is -0.356 e. The van der Waals surface area contributed by atoms with E-state index >= 15 is 0 Å². The molecule has 0 bridgehead atoms. The molecule has 0 atom stereocenters. The number of amides is 1. The van der Waals surface area contributed by atoms with E-state index in [1.165, 1.54) is 12.8 Å². The van der Waals surface area contributed by atoms with Gasteiger partial charge in [0, 0.05) is 51.8 Å². The minimum absolute atomic E-state index is 0.298. The van der Waals surface area contributed by atoms with Crippen molar-refractivity contribution in [1.82, 2.24) is 14.9 Å². The van der Waals surface area contributed by atoms with Crippen LogP contribution >= 0.6 is 0 Å². The molecule has 126 valence electrons. The number of hydrogen-bond donors (Lipinski definition) is 0. The first kappa shape index (κ1) is 16.0. The molecule has 0 spiro atoms. The predicted octanol–water partition coefficient (Wildman–Crippen LogP) is 1.92. The van der Waals surface area contributed by atoms with Gasteiger partial charge in [-0.15, -0.1) is 0 Å². The zero-order chi connectivity index (χ0) is 16.1. The number of nitrogens with zero attached hydrogens (tertiary/aromatic N) is 5. The van der Waals surface area contributed by atoms with Gasteiger partial charge in [0.2, 0.25) is 5.91 Å². The summed E-state index contributed by atoms with van der Waals surface area (Å²) in [5.74, 6) is 2.32. The molecule has 0 saturated carbocycles. The lowest BCUT2D eigenvalue weighted by Gasteiger charge is -2.35. The van der Waals surface area contributed by atoms with E-state index in [4.69, 9.17) is 0 Å². The quantitative estimate of drug-likeness (QED) is 0.830. The monoisotopic (exact) mass is 317 g/mol. The lowest BCUT2D eigenvalue weighted by Crippen LogP contribution is -2.49. The first-order valence-electron chi connectivity index (χ1n) is 8.87. The highest BCUT2D eigenvalue weighted by molar-refractivity contribution is 5.76. The molecule has 23 heavy (non-hydrogen) atoms. The van der Waals surface area contributed by atoms with E-state index in [1.54, 1.807) is 6.33 Å². The molecule has 0 N–H and O–H groups in total. The molecule has 3 rings (SSSR count). The van der Waals surface area contributed by atoms with Crippen LogP contribution < -0.4 is 9.80 Å². The van der Waals surface area contributed by atoms with Crippen molar-refractivity contribution < 1.29 is 4.79 Å². The minimum atomic E-state index is 0.298. The summed E-state index contributed by atoms with van der Waals surface area (Å²) in [6, 6.07) is 2.10. The van der Waals surface area contributed by atoms with Gasteiger partial charge in [-0.3, -0.25) is 4.79 Å². The van der Waals surface area contributed by atoms with Gasteiger partial charge in [0.15, 0.2) is 0 Å². The average molecular weight is 317 g/mol. The summed E-state index contributed by atoms with van der Waals surface area (Å²) in [4.78, 5) is 27.6. The molecule has 2 fully saturated rings. The summed E-state index contributed by atoms with van der Waals surface area (Å²) in [5.41, 5.74) is 0. The largest absolute Gasteiger partial charge is 0.356 e. The van der Waals surface area contributed by atoms with Gasteiger partial charge in [0.05, 0.1) is 0 Å². The van der Waals surface area contributed by atoms with Crippen LogP contribution in [0.1, 0.15) is 39.0 Å². The number of rotatable bonds is 5. The normalized spacial score (nSPS) is 18.6. The van der Waals surface area contributed by atoms with Gasteiger partial charge in [-0.25, -0.2) is 9.97 Å². The van der Waals surface area contributed by atoms with Crippen LogP contribution in [0.4, 0.5) is 11.6 Å². The molecular formula is C17H27N5O.